The van der Waals surface area contributed by atoms with Crippen LogP contribution in [0, 0.1) is 0 Å². The van der Waals surface area contributed by atoms with Crippen LogP contribution >= 0.6 is 0 Å². The zero-order valence-corrected chi connectivity index (χ0v) is 14.3. The number of benzene rings is 2. The van der Waals surface area contributed by atoms with Crippen molar-refractivity contribution in [2.75, 3.05) is 20.2 Å². The molecule has 0 radical (unpaired) electrons. The Morgan fingerprint density at radius 1 is 1.00 bits per heavy atom. The number of methoxy groups -OCH3 is 1. The molecule has 1 fully saturated rings. The van der Waals surface area contributed by atoms with Gasteiger partial charge in [0, 0.05) is 24.7 Å². The molecule has 1 saturated heterocycles. The Morgan fingerprint density at radius 2 is 1.64 bits per heavy atom. The second-order valence-corrected chi connectivity index (χ2v) is 6.11. The fraction of sp³-hybridized carbons (Fsp3) is 0.300. The third-order valence-electron chi connectivity index (χ3n) is 4.49. The van der Waals surface area contributed by atoms with E-state index in [2.05, 4.69) is 5.32 Å². The van der Waals surface area contributed by atoms with E-state index in [0.717, 1.165) is 12.8 Å². The molecule has 2 aromatic rings. The van der Waals surface area contributed by atoms with Crippen molar-refractivity contribution in [3.8, 4) is 5.75 Å². The first kappa shape index (κ1) is 17.0. The highest BCUT2D eigenvalue weighted by molar-refractivity contribution is 5.97. The van der Waals surface area contributed by atoms with Gasteiger partial charge in [-0.25, -0.2) is 0 Å². The lowest BCUT2D eigenvalue weighted by atomic mass is 10.0. The van der Waals surface area contributed by atoms with Gasteiger partial charge in [0.2, 0.25) is 0 Å². The van der Waals surface area contributed by atoms with E-state index < -0.39 is 0 Å². The number of para-hydroxylation sites is 1. The summed E-state index contributed by atoms with van der Waals surface area (Å²) in [6, 6.07) is 16.5. The summed E-state index contributed by atoms with van der Waals surface area (Å²) in [6.45, 7) is 1.24. The monoisotopic (exact) mass is 338 g/mol. The number of piperidine rings is 1. The maximum Gasteiger partial charge on any atom is 0.257 e. The van der Waals surface area contributed by atoms with Crippen LogP contribution in [0.2, 0.25) is 0 Å². The van der Waals surface area contributed by atoms with Crippen LogP contribution in [-0.4, -0.2) is 43.0 Å². The Labute approximate surface area is 147 Å². The van der Waals surface area contributed by atoms with E-state index in [4.69, 9.17) is 4.74 Å². The first-order valence-electron chi connectivity index (χ1n) is 8.47. The lowest BCUT2D eigenvalue weighted by molar-refractivity contribution is 0.0695. The fourth-order valence-electron chi connectivity index (χ4n) is 3.08. The molecule has 0 unspecified atom stereocenters. The molecule has 130 valence electrons. The molecule has 0 aliphatic carbocycles. The molecule has 5 nitrogen and oxygen atoms in total. The minimum Gasteiger partial charge on any atom is -0.496 e. The third-order valence-corrected chi connectivity index (χ3v) is 4.49. The highest BCUT2D eigenvalue weighted by Crippen LogP contribution is 2.21. The van der Waals surface area contributed by atoms with Crippen LogP contribution in [0.5, 0.6) is 5.75 Å². The largest absolute Gasteiger partial charge is 0.496 e. The van der Waals surface area contributed by atoms with E-state index in [0.29, 0.717) is 30.0 Å². The predicted octanol–water partition coefficient (Wildman–Crippen LogP) is 2.73. The number of rotatable bonds is 4. The molecule has 0 saturated carbocycles. The van der Waals surface area contributed by atoms with Gasteiger partial charge in [0.15, 0.2) is 0 Å². The van der Waals surface area contributed by atoms with Crippen LogP contribution < -0.4 is 10.1 Å². The second kappa shape index (κ2) is 7.83. The molecule has 2 amide bonds. The average Bonchev–Trinajstić information content (AvgIpc) is 2.68. The van der Waals surface area contributed by atoms with Gasteiger partial charge in [-0.2, -0.15) is 0 Å². The minimum absolute atomic E-state index is 0.0229. The standard InChI is InChI=1S/C20H22N2O3/c1-25-18-10-6-5-9-17(18)20(24)22-13-11-16(12-14-22)21-19(23)15-7-3-2-4-8-15/h2-10,16H,11-14H2,1H3,(H,21,23). The molecule has 25 heavy (non-hydrogen) atoms. The number of nitrogens with one attached hydrogen (secondary N) is 1. The van der Waals surface area contributed by atoms with Gasteiger partial charge >= 0.3 is 0 Å². The Bertz CT molecular complexity index is 738. The van der Waals surface area contributed by atoms with E-state index in [-0.39, 0.29) is 17.9 Å². The number of likely N-dealkylation sites (tertiary alicyclic amines) is 1. The lowest BCUT2D eigenvalue weighted by Crippen LogP contribution is -2.46. The van der Waals surface area contributed by atoms with Crippen LogP contribution in [0.4, 0.5) is 0 Å². The Kier molecular flexibility index (Phi) is 5.33. The summed E-state index contributed by atoms with van der Waals surface area (Å²) in [5.41, 5.74) is 1.24. The highest BCUT2D eigenvalue weighted by Gasteiger charge is 2.26. The zero-order chi connectivity index (χ0) is 17.6. The molecular formula is C20H22N2O3. The third kappa shape index (κ3) is 3.99. The van der Waals surface area contributed by atoms with Gasteiger partial charge < -0.3 is 15.0 Å². The highest BCUT2D eigenvalue weighted by atomic mass is 16.5. The van der Waals surface area contributed by atoms with Crippen molar-refractivity contribution >= 4 is 11.8 Å². The Hall–Kier alpha value is -2.82. The molecule has 1 aliphatic rings. The topological polar surface area (TPSA) is 58.6 Å². The number of hydrogen-bond acceptors (Lipinski definition) is 3. The van der Waals surface area contributed by atoms with E-state index in [1.54, 1.807) is 31.4 Å². The molecule has 0 aromatic heterocycles. The predicted molar refractivity (Wildman–Crippen MR) is 95.8 cm³/mol. The molecule has 1 heterocycles. The molecule has 2 aromatic carbocycles. The van der Waals surface area contributed by atoms with Crippen molar-refractivity contribution in [1.82, 2.24) is 10.2 Å². The van der Waals surface area contributed by atoms with Crippen molar-refractivity contribution in [3.63, 3.8) is 0 Å². The SMILES string of the molecule is COc1ccccc1C(=O)N1CCC(NC(=O)c2ccccc2)CC1. The summed E-state index contributed by atoms with van der Waals surface area (Å²) in [5.74, 6) is 0.507. The van der Waals surface area contributed by atoms with Crippen LogP contribution in [-0.2, 0) is 0 Å². The molecule has 1 N–H and O–H groups in total. The Morgan fingerprint density at radius 3 is 2.32 bits per heavy atom. The summed E-state index contributed by atoms with van der Waals surface area (Å²) < 4.78 is 5.28. The molecule has 0 bridgehead atoms. The van der Waals surface area contributed by atoms with Gasteiger partial charge in [-0.15, -0.1) is 0 Å². The number of hydrogen-bond donors (Lipinski definition) is 1. The number of ether oxygens (including phenoxy) is 1. The van der Waals surface area contributed by atoms with E-state index in [9.17, 15) is 9.59 Å². The second-order valence-electron chi connectivity index (χ2n) is 6.11. The van der Waals surface area contributed by atoms with Gasteiger partial charge in [0.1, 0.15) is 5.75 Å². The molecular weight excluding hydrogens is 316 g/mol. The number of carbonyl (C=O) groups is 2. The first-order chi connectivity index (χ1) is 12.2. The van der Waals surface area contributed by atoms with Crippen molar-refractivity contribution in [3.05, 3.63) is 65.7 Å². The lowest BCUT2D eigenvalue weighted by Gasteiger charge is -2.32. The van der Waals surface area contributed by atoms with Crippen molar-refractivity contribution in [2.45, 2.75) is 18.9 Å². The van der Waals surface area contributed by atoms with Crippen LogP contribution in [0.1, 0.15) is 33.6 Å². The van der Waals surface area contributed by atoms with Gasteiger partial charge in [-0.3, -0.25) is 9.59 Å². The summed E-state index contributed by atoms with van der Waals surface area (Å²) >= 11 is 0. The van der Waals surface area contributed by atoms with Crippen LogP contribution in [0.15, 0.2) is 54.6 Å². The maximum atomic E-state index is 12.7. The smallest absolute Gasteiger partial charge is 0.257 e. The van der Waals surface area contributed by atoms with Crippen LogP contribution in [0.3, 0.4) is 0 Å². The molecule has 5 heteroatoms. The van der Waals surface area contributed by atoms with Gasteiger partial charge in [0.25, 0.3) is 11.8 Å². The summed E-state index contributed by atoms with van der Waals surface area (Å²) in [5, 5.41) is 3.06. The molecule has 3 rings (SSSR count). The Balaban J connectivity index is 1.57. The van der Waals surface area contributed by atoms with Crippen molar-refractivity contribution in [2.24, 2.45) is 0 Å². The summed E-state index contributed by atoms with van der Waals surface area (Å²) in [7, 11) is 1.57. The van der Waals surface area contributed by atoms with E-state index in [1.807, 2.05) is 35.2 Å². The number of nitrogens with zero attached hydrogens (tertiary/aromatic N) is 1. The maximum absolute atomic E-state index is 12.7. The van der Waals surface area contributed by atoms with E-state index in [1.165, 1.54) is 0 Å². The van der Waals surface area contributed by atoms with Gasteiger partial charge in [-0.1, -0.05) is 30.3 Å². The summed E-state index contributed by atoms with van der Waals surface area (Å²) in [4.78, 5) is 26.7. The molecule has 0 spiro atoms. The van der Waals surface area contributed by atoms with E-state index >= 15 is 0 Å². The van der Waals surface area contributed by atoms with Crippen LogP contribution in [0.25, 0.3) is 0 Å². The molecule has 1 aliphatic heterocycles. The quantitative estimate of drug-likeness (QED) is 0.932. The van der Waals surface area contributed by atoms with Crippen molar-refractivity contribution < 1.29 is 14.3 Å². The minimum atomic E-state index is -0.0601. The molecule has 0 atom stereocenters. The summed E-state index contributed by atoms with van der Waals surface area (Å²) in [6.07, 6.45) is 1.50. The zero-order valence-electron chi connectivity index (χ0n) is 14.3. The number of amides is 2. The van der Waals surface area contributed by atoms with Crippen molar-refractivity contribution in [1.29, 1.82) is 0 Å². The average molecular weight is 338 g/mol. The first-order valence-corrected chi connectivity index (χ1v) is 8.47. The van der Waals surface area contributed by atoms with Gasteiger partial charge in [0.05, 0.1) is 12.7 Å². The normalized spacial score (nSPS) is 14.8. The fourth-order valence-corrected chi connectivity index (χ4v) is 3.08. The van der Waals surface area contributed by atoms with Gasteiger partial charge in [-0.05, 0) is 37.1 Å². The number of carbonyl (C=O) groups excluding carboxylic acids is 2.